The SMILES string of the molecule is CCC(C)NC(=O)C(C)N(Cc1ccccc1Cl)C(=O)CCCSc1ccc(Cl)cc1. The van der Waals surface area contributed by atoms with Crippen LogP contribution in [0.4, 0.5) is 0 Å². The highest BCUT2D eigenvalue weighted by atomic mass is 35.5. The second-order valence-corrected chi connectivity index (χ2v) is 9.52. The normalized spacial score (nSPS) is 12.8. The number of hydrogen-bond acceptors (Lipinski definition) is 3. The minimum atomic E-state index is -0.582. The predicted octanol–water partition coefficient (Wildman–Crippen LogP) is 6.20. The summed E-state index contributed by atoms with van der Waals surface area (Å²) in [6, 6.07) is 14.6. The first kappa shape index (κ1) is 25.6. The smallest absolute Gasteiger partial charge is 0.242 e. The van der Waals surface area contributed by atoms with Gasteiger partial charge in [0, 0.05) is 33.9 Å². The summed E-state index contributed by atoms with van der Waals surface area (Å²) in [4.78, 5) is 28.6. The predicted molar refractivity (Wildman–Crippen MR) is 131 cm³/mol. The summed E-state index contributed by atoms with van der Waals surface area (Å²) in [6.45, 7) is 6.05. The van der Waals surface area contributed by atoms with Crippen molar-refractivity contribution in [3.8, 4) is 0 Å². The maximum absolute atomic E-state index is 13.1. The van der Waals surface area contributed by atoms with Crippen LogP contribution in [0.25, 0.3) is 0 Å². The van der Waals surface area contributed by atoms with Crippen molar-refractivity contribution in [3.05, 3.63) is 64.1 Å². The molecule has 7 heteroatoms. The Labute approximate surface area is 199 Å². The highest BCUT2D eigenvalue weighted by Crippen LogP contribution is 2.23. The second kappa shape index (κ2) is 13.0. The number of amides is 2. The van der Waals surface area contributed by atoms with Gasteiger partial charge >= 0.3 is 0 Å². The zero-order valence-electron chi connectivity index (χ0n) is 18.2. The number of benzene rings is 2. The molecule has 0 fully saturated rings. The van der Waals surface area contributed by atoms with Crippen LogP contribution < -0.4 is 5.32 Å². The number of hydrogen-bond donors (Lipinski definition) is 1. The van der Waals surface area contributed by atoms with Crippen LogP contribution in [0.2, 0.25) is 10.0 Å². The van der Waals surface area contributed by atoms with E-state index in [2.05, 4.69) is 5.32 Å². The Morgan fingerprint density at radius 2 is 1.74 bits per heavy atom. The first-order valence-corrected chi connectivity index (χ1v) is 12.3. The van der Waals surface area contributed by atoms with Gasteiger partial charge in [0.2, 0.25) is 11.8 Å². The molecule has 0 aliphatic carbocycles. The molecule has 0 spiro atoms. The van der Waals surface area contributed by atoms with Gasteiger partial charge in [0.1, 0.15) is 6.04 Å². The maximum atomic E-state index is 13.1. The van der Waals surface area contributed by atoms with Crippen molar-refractivity contribution in [2.75, 3.05) is 5.75 Å². The van der Waals surface area contributed by atoms with Gasteiger partial charge in [0.15, 0.2) is 0 Å². The van der Waals surface area contributed by atoms with E-state index in [0.717, 1.165) is 22.6 Å². The lowest BCUT2D eigenvalue weighted by Crippen LogP contribution is -2.49. The Kier molecular flexibility index (Phi) is 10.7. The van der Waals surface area contributed by atoms with Crippen molar-refractivity contribution < 1.29 is 9.59 Å². The summed E-state index contributed by atoms with van der Waals surface area (Å²) < 4.78 is 0. The monoisotopic (exact) mass is 480 g/mol. The van der Waals surface area contributed by atoms with Crippen LogP contribution >= 0.6 is 35.0 Å². The Morgan fingerprint density at radius 1 is 1.06 bits per heavy atom. The van der Waals surface area contributed by atoms with Crippen LogP contribution in [0, 0.1) is 0 Å². The number of halogens is 2. The largest absolute Gasteiger partial charge is 0.352 e. The molecule has 2 rings (SSSR count). The highest BCUT2D eigenvalue weighted by molar-refractivity contribution is 7.99. The maximum Gasteiger partial charge on any atom is 0.242 e. The summed E-state index contributed by atoms with van der Waals surface area (Å²) in [5.41, 5.74) is 0.830. The first-order valence-electron chi connectivity index (χ1n) is 10.5. The molecule has 2 aromatic carbocycles. The van der Waals surface area contributed by atoms with E-state index in [1.807, 2.05) is 56.3 Å². The van der Waals surface area contributed by atoms with E-state index in [1.165, 1.54) is 0 Å². The van der Waals surface area contributed by atoms with Crippen molar-refractivity contribution in [2.24, 2.45) is 0 Å². The first-order chi connectivity index (χ1) is 14.8. The van der Waals surface area contributed by atoms with Gasteiger partial charge in [0.25, 0.3) is 0 Å². The summed E-state index contributed by atoms with van der Waals surface area (Å²) >= 11 is 13.9. The molecule has 2 unspecified atom stereocenters. The molecule has 2 amide bonds. The van der Waals surface area contributed by atoms with Gasteiger partial charge in [0.05, 0.1) is 0 Å². The molecule has 1 N–H and O–H groups in total. The quantitative estimate of drug-likeness (QED) is 0.307. The molecule has 0 aromatic heterocycles. The lowest BCUT2D eigenvalue weighted by molar-refractivity contribution is -0.140. The number of carbonyl (C=O) groups excluding carboxylic acids is 2. The Morgan fingerprint density at radius 3 is 2.39 bits per heavy atom. The number of carbonyl (C=O) groups is 2. The Hall–Kier alpha value is -1.69. The van der Waals surface area contributed by atoms with E-state index in [9.17, 15) is 9.59 Å². The molecule has 0 aliphatic heterocycles. The van der Waals surface area contributed by atoms with Crippen LogP contribution in [0.5, 0.6) is 0 Å². The van der Waals surface area contributed by atoms with Gasteiger partial charge in [-0.25, -0.2) is 0 Å². The lowest BCUT2D eigenvalue weighted by Gasteiger charge is -2.30. The van der Waals surface area contributed by atoms with E-state index < -0.39 is 6.04 Å². The highest BCUT2D eigenvalue weighted by Gasteiger charge is 2.26. The van der Waals surface area contributed by atoms with Crippen LogP contribution in [0.1, 0.15) is 45.6 Å². The third-order valence-electron chi connectivity index (χ3n) is 5.08. The fraction of sp³-hybridized carbons (Fsp3) is 0.417. The zero-order valence-corrected chi connectivity index (χ0v) is 20.6. The summed E-state index contributed by atoms with van der Waals surface area (Å²) in [5.74, 6) is 0.606. The third kappa shape index (κ3) is 8.40. The lowest BCUT2D eigenvalue weighted by atomic mass is 10.1. The van der Waals surface area contributed by atoms with Gasteiger partial charge in [-0.3, -0.25) is 9.59 Å². The third-order valence-corrected chi connectivity index (χ3v) is 6.80. The van der Waals surface area contributed by atoms with Gasteiger partial charge in [-0.2, -0.15) is 0 Å². The average Bonchev–Trinajstić information content (AvgIpc) is 2.76. The summed E-state index contributed by atoms with van der Waals surface area (Å²) in [5, 5.41) is 4.28. The molecule has 31 heavy (non-hydrogen) atoms. The van der Waals surface area contributed by atoms with Crippen molar-refractivity contribution >= 4 is 46.8 Å². The molecule has 0 saturated heterocycles. The Bertz CT molecular complexity index is 861. The average molecular weight is 481 g/mol. The molecule has 0 bridgehead atoms. The number of thioether (sulfide) groups is 1. The Balaban J connectivity index is 2.01. The summed E-state index contributed by atoms with van der Waals surface area (Å²) in [6.07, 6.45) is 1.91. The number of nitrogens with one attached hydrogen (secondary N) is 1. The van der Waals surface area contributed by atoms with Gasteiger partial charge in [-0.15, -0.1) is 11.8 Å². The van der Waals surface area contributed by atoms with E-state index in [4.69, 9.17) is 23.2 Å². The van der Waals surface area contributed by atoms with Gasteiger partial charge < -0.3 is 10.2 Å². The minimum absolute atomic E-state index is 0.0524. The van der Waals surface area contributed by atoms with Crippen molar-refractivity contribution in [1.82, 2.24) is 10.2 Å². The van der Waals surface area contributed by atoms with Gasteiger partial charge in [-0.1, -0.05) is 48.3 Å². The van der Waals surface area contributed by atoms with Crippen LogP contribution in [0.3, 0.4) is 0 Å². The fourth-order valence-electron chi connectivity index (χ4n) is 2.95. The second-order valence-electron chi connectivity index (χ2n) is 7.51. The molecule has 2 aromatic rings. The molecule has 0 saturated carbocycles. The van der Waals surface area contributed by atoms with Crippen molar-refractivity contribution in [2.45, 2.75) is 63.6 Å². The fourth-order valence-corrected chi connectivity index (χ4v) is 4.12. The zero-order chi connectivity index (χ0) is 22.8. The molecular weight excluding hydrogens is 451 g/mol. The standard InChI is InChI=1S/C24H30Cl2N2O2S/c1-4-17(2)27-24(30)18(3)28(16-19-8-5-6-9-22(19)26)23(29)10-7-15-31-21-13-11-20(25)12-14-21/h5-6,8-9,11-14,17-18H,4,7,10,15-16H2,1-3H3,(H,27,30). The van der Waals surface area contributed by atoms with E-state index >= 15 is 0 Å². The van der Waals surface area contributed by atoms with Crippen LogP contribution in [0.15, 0.2) is 53.4 Å². The van der Waals surface area contributed by atoms with Crippen molar-refractivity contribution in [1.29, 1.82) is 0 Å². The topological polar surface area (TPSA) is 49.4 Å². The molecule has 0 radical (unpaired) electrons. The molecule has 168 valence electrons. The van der Waals surface area contributed by atoms with Gasteiger partial charge in [-0.05, 0) is 68.3 Å². The molecule has 0 aliphatic rings. The van der Waals surface area contributed by atoms with E-state index in [-0.39, 0.29) is 17.9 Å². The van der Waals surface area contributed by atoms with Crippen LogP contribution in [-0.2, 0) is 16.1 Å². The van der Waals surface area contributed by atoms with E-state index in [0.29, 0.717) is 29.4 Å². The molecule has 0 heterocycles. The summed E-state index contributed by atoms with van der Waals surface area (Å²) in [7, 11) is 0. The number of rotatable bonds is 11. The minimum Gasteiger partial charge on any atom is -0.352 e. The van der Waals surface area contributed by atoms with Crippen molar-refractivity contribution in [3.63, 3.8) is 0 Å². The van der Waals surface area contributed by atoms with E-state index in [1.54, 1.807) is 29.7 Å². The number of nitrogens with zero attached hydrogens (tertiary/aromatic N) is 1. The molecular formula is C24H30Cl2N2O2S. The molecule has 4 nitrogen and oxygen atoms in total. The molecule has 2 atom stereocenters. The van der Waals surface area contributed by atoms with Crippen LogP contribution in [-0.4, -0.2) is 34.6 Å².